The van der Waals surface area contributed by atoms with Crippen molar-refractivity contribution in [2.45, 2.75) is 0 Å². The normalized spacial score (nSPS) is 10.8. The molecule has 5 nitrogen and oxygen atoms in total. The zero-order chi connectivity index (χ0) is 11.2. The molecular weight excluding hydrogens is 210 g/mol. The molecule has 1 aromatic carbocycles. The van der Waals surface area contributed by atoms with E-state index in [9.17, 15) is 18.4 Å². The number of carbonyl (C=O) groups is 1. The Morgan fingerprint density at radius 2 is 1.93 bits per heavy atom. The van der Waals surface area contributed by atoms with E-state index in [-0.39, 0.29) is 11.0 Å². The van der Waals surface area contributed by atoms with Gasteiger partial charge in [-0.25, -0.2) is 18.4 Å². The Labute approximate surface area is 80.4 Å². The summed E-state index contributed by atoms with van der Waals surface area (Å²) in [4.78, 5) is 25.5. The van der Waals surface area contributed by atoms with Gasteiger partial charge in [0.05, 0.1) is 5.52 Å². The van der Waals surface area contributed by atoms with Gasteiger partial charge in [0.2, 0.25) is 0 Å². The van der Waals surface area contributed by atoms with E-state index in [4.69, 9.17) is 5.11 Å². The molecule has 0 bridgehead atoms. The van der Waals surface area contributed by atoms with Crippen LogP contribution in [0.3, 0.4) is 0 Å². The first-order chi connectivity index (χ1) is 7.00. The molecule has 0 atom stereocenters. The second-order valence-electron chi connectivity index (χ2n) is 2.86. The predicted molar refractivity (Wildman–Crippen MR) is 45.8 cm³/mol. The molecule has 7 heteroatoms. The Hall–Kier alpha value is -2.18. The van der Waals surface area contributed by atoms with Crippen molar-refractivity contribution in [1.82, 2.24) is 9.97 Å². The summed E-state index contributed by atoms with van der Waals surface area (Å²) in [6, 6.07) is 0.855. The molecule has 1 aromatic heterocycles. The molecule has 0 radical (unpaired) electrons. The number of hydrogen-bond acceptors (Lipinski definition) is 2. The summed E-state index contributed by atoms with van der Waals surface area (Å²) >= 11 is 0. The molecule has 3 N–H and O–H groups in total. The molecular formula is C8H4F2N2O3. The van der Waals surface area contributed by atoms with Gasteiger partial charge in [-0.2, -0.15) is 0 Å². The first-order valence-corrected chi connectivity index (χ1v) is 3.84. The number of imidazole rings is 1. The van der Waals surface area contributed by atoms with Gasteiger partial charge in [0.15, 0.2) is 11.6 Å². The SMILES string of the molecule is O=C(O)c1cc2[nH]c(=O)[nH]c2c(F)c1F. The Balaban J connectivity index is 2.93. The van der Waals surface area contributed by atoms with Crippen LogP contribution >= 0.6 is 0 Å². The number of rotatable bonds is 1. The van der Waals surface area contributed by atoms with Gasteiger partial charge in [0.25, 0.3) is 0 Å². The lowest BCUT2D eigenvalue weighted by atomic mass is 10.2. The van der Waals surface area contributed by atoms with Crippen LogP contribution in [0, 0.1) is 11.6 Å². The average molecular weight is 214 g/mol. The molecule has 0 saturated carbocycles. The average Bonchev–Trinajstić information content (AvgIpc) is 2.52. The predicted octanol–water partition coefficient (Wildman–Crippen LogP) is 0.833. The Morgan fingerprint density at radius 1 is 1.27 bits per heavy atom. The second kappa shape index (κ2) is 2.91. The maximum atomic E-state index is 13.2. The van der Waals surface area contributed by atoms with Gasteiger partial charge in [-0.15, -0.1) is 0 Å². The van der Waals surface area contributed by atoms with Crippen LogP contribution in [0.15, 0.2) is 10.9 Å². The van der Waals surface area contributed by atoms with E-state index in [1.54, 1.807) is 0 Å². The first kappa shape index (κ1) is 9.38. The molecule has 0 aliphatic rings. The lowest BCUT2D eigenvalue weighted by Gasteiger charge is -1.99. The zero-order valence-corrected chi connectivity index (χ0v) is 7.10. The number of fused-ring (bicyclic) bond motifs is 1. The highest BCUT2D eigenvalue weighted by Gasteiger charge is 2.19. The van der Waals surface area contributed by atoms with E-state index in [2.05, 4.69) is 4.98 Å². The van der Waals surface area contributed by atoms with Crippen molar-refractivity contribution in [3.05, 3.63) is 33.7 Å². The third-order valence-corrected chi connectivity index (χ3v) is 1.92. The fourth-order valence-electron chi connectivity index (χ4n) is 1.27. The number of aromatic amines is 2. The van der Waals surface area contributed by atoms with Crippen molar-refractivity contribution >= 4 is 17.0 Å². The second-order valence-corrected chi connectivity index (χ2v) is 2.86. The maximum absolute atomic E-state index is 13.2. The summed E-state index contributed by atoms with van der Waals surface area (Å²) in [6.45, 7) is 0. The number of benzene rings is 1. The lowest BCUT2D eigenvalue weighted by molar-refractivity contribution is 0.0691. The van der Waals surface area contributed by atoms with Crippen LogP contribution in [0.2, 0.25) is 0 Å². The number of H-pyrrole nitrogens is 2. The summed E-state index contributed by atoms with van der Waals surface area (Å²) in [5.74, 6) is -4.48. The van der Waals surface area contributed by atoms with Gasteiger partial charge in [-0.3, -0.25) is 0 Å². The highest BCUT2D eigenvalue weighted by molar-refractivity contribution is 5.92. The van der Waals surface area contributed by atoms with Crippen LogP contribution in [0.1, 0.15) is 10.4 Å². The number of nitrogens with one attached hydrogen (secondary N) is 2. The van der Waals surface area contributed by atoms with Gasteiger partial charge >= 0.3 is 11.7 Å². The fraction of sp³-hybridized carbons (Fsp3) is 0. The minimum atomic E-state index is -1.60. The molecule has 0 amide bonds. The standard InChI is InChI=1S/C8H4F2N2O3/c9-4-2(7(13)14)1-3-6(5(4)10)12-8(15)11-3/h1H,(H,13,14)(H2,11,12,15). The number of hydrogen-bond donors (Lipinski definition) is 3. The molecule has 0 unspecified atom stereocenters. The summed E-state index contributed by atoms with van der Waals surface area (Å²) in [5.41, 5.74) is -2.01. The maximum Gasteiger partial charge on any atom is 0.338 e. The van der Waals surface area contributed by atoms with Gasteiger partial charge < -0.3 is 15.1 Å². The molecule has 0 saturated heterocycles. The van der Waals surface area contributed by atoms with Crippen molar-refractivity contribution in [3.8, 4) is 0 Å². The van der Waals surface area contributed by atoms with Crippen LogP contribution in [-0.4, -0.2) is 21.0 Å². The minimum Gasteiger partial charge on any atom is -0.478 e. The number of carboxylic acids is 1. The Kier molecular flexibility index (Phi) is 1.82. The number of halogens is 2. The van der Waals surface area contributed by atoms with E-state index in [1.807, 2.05) is 4.98 Å². The van der Waals surface area contributed by atoms with Crippen molar-refractivity contribution in [2.75, 3.05) is 0 Å². The Bertz CT molecular complexity index is 614. The molecule has 1 heterocycles. The summed E-state index contributed by atoms with van der Waals surface area (Å²) < 4.78 is 26.3. The minimum absolute atomic E-state index is 0.0868. The zero-order valence-electron chi connectivity index (χ0n) is 7.10. The third kappa shape index (κ3) is 1.28. The van der Waals surface area contributed by atoms with Gasteiger partial charge in [-0.1, -0.05) is 0 Å². The van der Waals surface area contributed by atoms with Gasteiger partial charge in [0, 0.05) is 0 Å². The van der Waals surface area contributed by atoms with E-state index < -0.39 is 28.9 Å². The van der Waals surface area contributed by atoms with Crippen molar-refractivity contribution in [2.24, 2.45) is 0 Å². The van der Waals surface area contributed by atoms with Gasteiger partial charge in [0.1, 0.15) is 11.1 Å². The molecule has 2 rings (SSSR count). The van der Waals surface area contributed by atoms with Crippen LogP contribution in [0.5, 0.6) is 0 Å². The van der Waals surface area contributed by atoms with Gasteiger partial charge in [-0.05, 0) is 6.07 Å². The monoisotopic (exact) mass is 214 g/mol. The third-order valence-electron chi connectivity index (χ3n) is 1.92. The van der Waals surface area contributed by atoms with E-state index in [0.29, 0.717) is 0 Å². The molecule has 0 aliphatic heterocycles. The van der Waals surface area contributed by atoms with Crippen LogP contribution < -0.4 is 5.69 Å². The number of aromatic nitrogens is 2. The molecule has 0 spiro atoms. The number of aromatic carboxylic acids is 1. The first-order valence-electron chi connectivity index (χ1n) is 3.84. The van der Waals surface area contributed by atoms with Crippen molar-refractivity contribution in [1.29, 1.82) is 0 Å². The lowest BCUT2D eigenvalue weighted by Crippen LogP contribution is -2.03. The van der Waals surface area contributed by atoms with Crippen molar-refractivity contribution < 1.29 is 18.7 Å². The summed E-state index contributed by atoms with van der Waals surface area (Å²) in [5, 5.41) is 8.55. The highest BCUT2D eigenvalue weighted by Crippen LogP contribution is 2.19. The van der Waals surface area contributed by atoms with E-state index in [0.717, 1.165) is 6.07 Å². The molecule has 0 aliphatic carbocycles. The van der Waals surface area contributed by atoms with Crippen LogP contribution in [0.4, 0.5) is 8.78 Å². The topological polar surface area (TPSA) is 85.9 Å². The highest BCUT2D eigenvalue weighted by atomic mass is 19.2. The smallest absolute Gasteiger partial charge is 0.338 e. The molecule has 15 heavy (non-hydrogen) atoms. The van der Waals surface area contributed by atoms with E-state index in [1.165, 1.54) is 0 Å². The van der Waals surface area contributed by atoms with Crippen LogP contribution in [-0.2, 0) is 0 Å². The largest absolute Gasteiger partial charge is 0.478 e. The molecule has 2 aromatic rings. The fourth-order valence-corrected chi connectivity index (χ4v) is 1.27. The summed E-state index contributed by atoms with van der Waals surface area (Å²) in [7, 11) is 0. The van der Waals surface area contributed by atoms with Crippen LogP contribution in [0.25, 0.3) is 11.0 Å². The Morgan fingerprint density at radius 3 is 2.53 bits per heavy atom. The number of carboxylic acid groups (broad SMARTS) is 1. The summed E-state index contributed by atoms with van der Waals surface area (Å²) in [6.07, 6.45) is 0. The molecule has 0 fully saturated rings. The van der Waals surface area contributed by atoms with Crippen molar-refractivity contribution in [3.63, 3.8) is 0 Å². The molecule has 78 valence electrons. The quantitative estimate of drug-likeness (QED) is 0.657. The van der Waals surface area contributed by atoms with E-state index >= 15 is 0 Å².